The second-order valence-corrected chi connectivity index (χ2v) is 10.6. The zero-order valence-electron chi connectivity index (χ0n) is 22.5. The Labute approximate surface area is 233 Å². The van der Waals surface area contributed by atoms with E-state index in [4.69, 9.17) is 19.6 Å². The van der Waals surface area contributed by atoms with Gasteiger partial charge in [0.25, 0.3) is 6.47 Å². The van der Waals surface area contributed by atoms with Crippen molar-refractivity contribution in [1.29, 1.82) is 0 Å². The fourth-order valence-corrected chi connectivity index (χ4v) is 5.05. The van der Waals surface area contributed by atoms with Crippen LogP contribution in [-0.4, -0.2) is 35.6 Å². The van der Waals surface area contributed by atoms with Crippen LogP contribution in [0.15, 0.2) is 35.3 Å². The van der Waals surface area contributed by atoms with Gasteiger partial charge >= 0.3 is 5.91 Å². The van der Waals surface area contributed by atoms with E-state index in [1.807, 2.05) is 26.1 Å². The number of benzene rings is 1. The summed E-state index contributed by atoms with van der Waals surface area (Å²) < 4.78 is 7.33. The highest BCUT2D eigenvalue weighted by atomic mass is 79.9. The Morgan fingerprint density at radius 3 is 2.47 bits per heavy atom. The van der Waals surface area contributed by atoms with Crippen molar-refractivity contribution in [2.45, 2.75) is 71.3 Å². The number of aryl methyl sites for hydroxylation is 1. The molecule has 4 rings (SSSR count). The highest BCUT2D eigenvalue weighted by Gasteiger charge is 2.31. The molecule has 0 bridgehead atoms. The minimum atomic E-state index is -0.306. The average Bonchev–Trinajstić information content (AvgIpc) is 3.73. The van der Waals surface area contributed by atoms with Crippen LogP contribution >= 0.6 is 15.9 Å². The predicted octanol–water partition coefficient (Wildman–Crippen LogP) is 7.03. The minimum absolute atomic E-state index is 0.146. The fraction of sp³-hybridized carbons (Fsp3) is 0.433. The summed E-state index contributed by atoms with van der Waals surface area (Å²) >= 11 is 3.67. The Balaban J connectivity index is 0.00000127. The number of carbonyl (C=O) groups excluding carboxylic acids is 1. The van der Waals surface area contributed by atoms with Gasteiger partial charge in [-0.15, -0.1) is 0 Å². The lowest BCUT2D eigenvalue weighted by Crippen LogP contribution is -2.27. The second kappa shape index (κ2) is 13.5. The molecule has 1 aromatic heterocycles. The van der Waals surface area contributed by atoms with E-state index in [-0.39, 0.29) is 18.5 Å². The lowest BCUT2D eigenvalue weighted by atomic mass is 9.89. The molecule has 0 saturated heterocycles. The van der Waals surface area contributed by atoms with Gasteiger partial charge in [0.15, 0.2) is 0 Å². The van der Waals surface area contributed by atoms with Gasteiger partial charge in [0.2, 0.25) is 0 Å². The zero-order chi connectivity index (χ0) is 27.8. The molecule has 202 valence electrons. The van der Waals surface area contributed by atoms with Crippen LogP contribution in [0.25, 0.3) is 5.76 Å². The smallest absolute Gasteiger partial charge is 0.308 e. The van der Waals surface area contributed by atoms with E-state index in [9.17, 15) is 4.79 Å². The molecular weight excluding hydrogens is 546 g/mol. The number of rotatable bonds is 7. The third kappa shape index (κ3) is 7.16. The van der Waals surface area contributed by atoms with E-state index in [1.165, 1.54) is 0 Å². The van der Waals surface area contributed by atoms with Gasteiger partial charge in [-0.25, -0.2) is 4.98 Å². The molecule has 1 heterocycles. The SMILES string of the molecule is C=C(OC1CCC(C)CC1)c1nc(N(C(=O)C#CC)c2cc(C)c(Br)cc2C2CC2)ccc1NC.O=CO. The number of aromatic nitrogens is 1. The first-order valence-electron chi connectivity index (χ1n) is 12.9. The van der Waals surface area contributed by atoms with Crippen molar-refractivity contribution in [3.8, 4) is 11.8 Å². The molecule has 38 heavy (non-hydrogen) atoms. The minimum Gasteiger partial charge on any atom is -0.489 e. The third-order valence-corrected chi connectivity index (χ3v) is 7.77. The molecule has 2 aromatic rings. The highest BCUT2D eigenvalue weighted by Crippen LogP contribution is 2.47. The lowest BCUT2D eigenvalue weighted by molar-refractivity contribution is -0.122. The first-order valence-corrected chi connectivity index (χ1v) is 13.7. The molecule has 0 unspecified atom stereocenters. The van der Waals surface area contributed by atoms with Crippen molar-refractivity contribution in [3.63, 3.8) is 0 Å². The number of nitrogens with zero attached hydrogens (tertiary/aromatic N) is 2. The van der Waals surface area contributed by atoms with Gasteiger partial charge in [-0.1, -0.05) is 35.4 Å². The van der Waals surface area contributed by atoms with Crippen LogP contribution in [-0.2, 0) is 14.3 Å². The van der Waals surface area contributed by atoms with Gasteiger partial charge in [-0.3, -0.25) is 14.5 Å². The Hall–Kier alpha value is -3.31. The highest BCUT2D eigenvalue weighted by molar-refractivity contribution is 9.10. The maximum atomic E-state index is 13.4. The van der Waals surface area contributed by atoms with Gasteiger partial charge in [0.1, 0.15) is 17.3 Å². The molecule has 2 aliphatic carbocycles. The number of carboxylic acid groups (broad SMARTS) is 1. The monoisotopic (exact) mass is 581 g/mol. The van der Waals surface area contributed by atoms with Crippen LogP contribution in [0, 0.1) is 24.7 Å². The lowest BCUT2D eigenvalue weighted by Gasteiger charge is -2.28. The fourth-order valence-electron chi connectivity index (χ4n) is 4.69. The molecule has 2 fully saturated rings. The number of hydrogen-bond acceptors (Lipinski definition) is 5. The standard InChI is InChI=1S/C29H34BrN3O2.CH2O2/c1-6-7-28(34)33(26-16-19(3)24(30)17-23(26)21-10-11-21)27-15-14-25(31-5)29(32-27)20(4)35-22-12-8-18(2)9-13-22;2-1-3/h14-18,21-22,31H,4,8-13H2,1-3,5H3;1H,(H,2,3). The first-order chi connectivity index (χ1) is 18.2. The van der Waals surface area contributed by atoms with Crippen molar-refractivity contribution in [3.05, 3.63) is 52.1 Å². The van der Waals surface area contributed by atoms with Gasteiger partial charge in [-0.2, -0.15) is 0 Å². The molecule has 0 aliphatic heterocycles. The number of pyridine rings is 1. The molecular formula is C30H36BrN3O4. The molecule has 2 N–H and O–H groups in total. The number of anilines is 3. The van der Waals surface area contributed by atoms with Gasteiger partial charge in [0.05, 0.1) is 17.5 Å². The average molecular weight is 583 g/mol. The Kier molecular flexibility index (Phi) is 10.4. The van der Waals surface area contributed by atoms with E-state index in [1.54, 1.807) is 11.8 Å². The van der Waals surface area contributed by atoms with Crippen LogP contribution in [0.2, 0.25) is 0 Å². The zero-order valence-corrected chi connectivity index (χ0v) is 24.1. The Morgan fingerprint density at radius 2 is 1.89 bits per heavy atom. The van der Waals surface area contributed by atoms with Crippen LogP contribution in [0.3, 0.4) is 0 Å². The molecule has 7 nitrogen and oxygen atoms in total. The second-order valence-electron chi connectivity index (χ2n) is 9.79. The molecule has 2 aliphatic rings. The Bertz CT molecular complexity index is 1240. The van der Waals surface area contributed by atoms with Crippen LogP contribution in [0.4, 0.5) is 17.2 Å². The van der Waals surface area contributed by atoms with Crippen molar-refractivity contribution >= 4 is 51.3 Å². The predicted molar refractivity (Wildman–Crippen MR) is 155 cm³/mol. The van der Waals surface area contributed by atoms with Crippen molar-refractivity contribution in [1.82, 2.24) is 4.98 Å². The summed E-state index contributed by atoms with van der Waals surface area (Å²) in [4.78, 5) is 28.3. The van der Waals surface area contributed by atoms with Gasteiger partial charge in [0, 0.05) is 11.5 Å². The molecule has 0 radical (unpaired) electrons. The largest absolute Gasteiger partial charge is 0.489 e. The summed E-state index contributed by atoms with van der Waals surface area (Å²) in [6.07, 6.45) is 6.75. The van der Waals surface area contributed by atoms with Crippen molar-refractivity contribution in [2.24, 2.45) is 5.92 Å². The van der Waals surface area contributed by atoms with Crippen LogP contribution < -0.4 is 10.2 Å². The number of hydrogen-bond donors (Lipinski definition) is 2. The molecule has 1 amide bonds. The molecule has 2 saturated carbocycles. The number of carbonyl (C=O) groups is 2. The van der Waals surface area contributed by atoms with E-state index in [0.717, 1.165) is 71.4 Å². The number of ether oxygens (including phenoxy) is 1. The number of amides is 1. The van der Waals surface area contributed by atoms with E-state index >= 15 is 0 Å². The normalized spacial score (nSPS) is 18.1. The molecule has 0 spiro atoms. The van der Waals surface area contributed by atoms with Gasteiger partial charge in [-0.05, 0) is 106 Å². The van der Waals surface area contributed by atoms with E-state index < -0.39 is 0 Å². The summed E-state index contributed by atoms with van der Waals surface area (Å²) in [5, 5.41) is 10.1. The third-order valence-electron chi connectivity index (χ3n) is 6.92. The maximum Gasteiger partial charge on any atom is 0.308 e. The van der Waals surface area contributed by atoms with Crippen LogP contribution in [0.1, 0.15) is 75.1 Å². The summed E-state index contributed by atoms with van der Waals surface area (Å²) in [6.45, 7) is 9.97. The van der Waals surface area contributed by atoms with E-state index in [2.05, 4.69) is 58.7 Å². The summed E-state index contributed by atoms with van der Waals surface area (Å²) in [6, 6.07) is 7.97. The molecule has 1 aromatic carbocycles. The quantitative estimate of drug-likeness (QED) is 0.207. The number of halogens is 1. The summed E-state index contributed by atoms with van der Waals surface area (Å²) in [5.74, 6) is 7.40. The maximum absolute atomic E-state index is 13.4. The van der Waals surface area contributed by atoms with E-state index in [0.29, 0.717) is 23.2 Å². The summed E-state index contributed by atoms with van der Waals surface area (Å²) in [5.41, 5.74) is 4.46. The number of nitrogens with one attached hydrogen (secondary N) is 1. The summed E-state index contributed by atoms with van der Waals surface area (Å²) in [7, 11) is 1.85. The molecule has 8 heteroatoms. The van der Waals surface area contributed by atoms with Crippen molar-refractivity contribution < 1.29 is 19.4 Å². The van der Waals surface area contributed by atoms with Crippen LogP contribution in [0.5, 0.6) is 0 Å². The topological polar surface area (TPSA) is 91.8 Å². The van der Waals surface area contributed by atoms with Gasteiger partial charge < -0.3 is 15.2 Å². The van der Waals surface area contributed by atoms with Crippen molar-refractivity contribution in [2.75, 3.05) is 17.3 Å². The Morgan fingerprint density at radius 1 is 1.24 bits per heavy atom. The molecule has 0 atom stereocenters. The first kappa shape index (κ1) is 29.2.